The first-order chi connectivity index (χ1) is 14.5. The summed E-state index contributed by atoms with van der Waals surface area (Å²) < 4.78 is 21.2. The van der Waals surface area contributed by atoms with Crippen molar-refractivity contribution in [3.8, 4) is 11.1 Å². The fraction of sp³-hybridized carbons (Fsp3) is 0.586. The number of benzene rings is 2. The Morgan fingerprint density at radius 3 is 1.59 bits per heavy atom. The smallest absolute Gasteiger partial charge is 0.238 e. The van der Waals surface area contributed by atoms with Gasteiger partial charge in [-0.05, 0) is 72.4 Å². The summed E-state index contributed by atoms with van der Waals surface area (Å²) in [5, 5.41) is 0.313. The highest BCUT2D eigenvalue weighted by Gasteiger charge is 2.44. The van der Waals surface area contributed by atoms with E-state index in [0.717, 1.165) is 10.9 Å². The molecule has 0 aliphatic rings. The summed E-state index contributed by atoms with van der Waals surface area (Å²) in [6.07, 6.45) is 0. The predicted molar refractivity (Wildman–Crippen MR) is 142 cm³/mol. The molecule has 3 heteroatoms. The minimum atomic E-state index is -3.21. The second-order valence-electron chi connectivity index (χ2n) is 12.0. The molecular weight excluding hydrogens is 411 g/mol. The van der Waals surface area contributed by atoms with Gasteiger partial charge in [-0.2, -0.15) is 0 Å². The van der Waals surface area contributed by atoms with Crippen LogP contribution in [0.25, 0.3) is 11.1 Å². The van der Waals surface area contributed by atoms with Gasteiger partial charge in [0.05, 0.1) is 5.60 Å². The first-order valence-electron chi connectivity index (χ1n) is 12.1. The quantitative estimate of drug-likeness (QED) is 0.405. The van der Waals surface area contributed by atoms with E-state index in [0.29, 0.717) is 17.8 Å². The van der Waals surface area contributed by atoms with Crippen molar-refractivity contribution in [1.29, 1.82) is 0 Å². The molecule has 0 aromatic heterocycles. The molecular formula is C29H45O2P. The topological polar surface area (TPSA) is 26.3 Å². The summed E-state index contributed by atoms with van der Waals surface area (Å²) in [6.45, 7) is 25.6. The van der Waals surface area contributed by atoms with E-state index in [4.69, 9.17) is 4.52 Å². The van der Waals surface area contributed by atoms with Crippen LogP contribution in [0.4, 0.5) is 0 Å². The largest absolute Gasteiger partial charge is 0.319 e. The van der Waals surface area contributed by atoms with Crippen molar-refractivity contribution in [2.45, 2.75) is 112 Å². The molecule has 0 radical (unpaired) electrons. The zero-order valence-electron chi connectivity index (χ0n) is 22.5. The van der Waals surface area contributed by atoms with Crippen molar-refractivity contribution in [2.75, 3.05) is 0 Å². The minimum absolute atomic E-state index is 0.354. The molecule has 178 valence electrons. The lowest BCUT2D eigenvalue weighted by atomic mass is 9.82. The van der Waals surface area contributed by atoms with Gasteiger partial charge in [-0.15, -0.1) is 0 Å². The van der Waals surface area contributed by atoms with E-state index < -0.39 is 18.1 Å². The van der Waals surface area contributed by atoms with Crippen molar-refractivity contribution < 1.29 is 9.09 Å². The van der Waals surface area contributed by atoms with Crippen LogP contribution in [0.2, 0.25) is 0 Å². The number of hydrogen-bond donors (Lipinski definition) is 0. The molecule has 0 amide bonds. The monoisotopic (exact) mass is 456 g/mol. The first-order valence-corrected chi connectivity index (χ1v) is 13.7. The minimum Gasteiger partial charge on any atom is -0.319 e. The Labute approximate surface area is 197 Å². The van der Waals surface area contributed by atoms with Crippen LogP contribution >= 0.6 is 7.37 Å². The van der Waals surface area contributed by atoms with Crippen molar-refractivity contribution in [3.63, 3.8) is 0 Å². The fourth-order valence-electron chi connectivity index (χ4n) is 4.14. The highest BCUT2D eigenvalue weighted by atomic mass is 31.2. The Morgan fingerprint density at radius 2 is 1.22 bits per heavy atom. The van der Waals surface area contributed by atoms with Crippen molar-refractivity contribution >= 4 is 12.7 Å². The maximum atomic E-state index is 14.8. The lowest BCUT2D eigenvalue weighted by Crippen LogP contribution is -2.32. The summed E-state index contributed by atoms with van der Waals surface area (Å²) in [5.41, 5.74) is 5.78. The van der Waals surface area contributed by atoms with Crippen molar-refractivity contribution in [2.24, 2.45) is 0 Å². The molecule has 0 spiro atoms. The van der Waals surface area contributed by atoms with Crippen LogP contribution in [-0.4, -0.2) is 10.8 Å². The number of hydrogen-bond acceptors (Lipinski definition) is 2. The van der Waals surface area contributed by atoms with Gasteiger partial charge in [-0.1, -0.05) is 92.6 Å². The van der Waals surface area contributed by atoms with Crippen LogP contribution in [0, 0.1) is 0 Å². The molecule has 0 fully saturated rings. The first kappa shape index (κ1) is 26.9. The molecule has 2 rings (SSSR count). The summed E-state index contributed by atoms with van der Waals surface area (Å²) in [7, 11) is -3.21. The molecule has 0 heterocycles. The lowest BCUT2D eigenvalue weighted by Gasteiger charge is -2.37. The molecule has 0 aliphatic carbocycles. The average Bonchev–Trinajstić information content (AvgIpc) is 2.64. The van der Waals surface area contributed by atoms with Crippen LogP contribution in [0.15, 0.2) is 36.4 Å². The Balaban J connectivity index is 3.00. The van der Waals surface area contributed by atoms with Gasteiger partial charge in [0.15, 0.2) is 0 Å². The van der Waals surface area contributed by atoms with E-state index in [1.807, 2.05) is 53.7 Å². The standard InChI is InChI=1S/C29H45O2P/c1-19(2)22-17-24(20(3)4)27(25(18-22)21(5)6)23-15-13-14-16-26(23)32(30,29(10,11)12)31-28(7,8)9/h13-21H,1-12H3. The molecule has 0 aliphatic heterocycles. The van der Waals surface area contributed by atoms with Crippen LogP contribution in [-0.2, 0) is 9.09 Å². The lowest BCUT2D eigenvalue weighted by molar-refractivity contribution is 0.132. The fourth-order valence-corrected chi connectivity index (χ4v) is 6.79. The van der Waals surface area contributed by atoms with Crippen LogP contribution in [0.1, 0.15) is 118 Å². The third-order valence-corrected chi connectivity index (χ3v) is 9.50. The second-order valence-corrected chi connectivity index (χ2v) is 15.1. The molecule has 32 heavy (non-hydrogen) atoms. The van der Waals surface area contributed by atoms with Crippen LogP contribution < -0.4 is 5.30 Å². The number of rotatable bonds is 6. The highest BCUT2D eigenvalue weighted by Crippen LogP contribution is 2.61. The van der Waals surface area contributed by atoms with Gasteiger partial charge in [0, 0.05) is 10.5 Å². The summed E-state index contributed by atoms with van der Waals surface area (Å²) in [6, 6.07) is 12.9. The average molecular weight is 457 g/mol. The van der Waals surface area contributed by atoms with Gasteiger partial charge in [-0.3, -0.25) is 4.57 Å². The van der Waals surface area contributed by atoms with E-state index in [1.165, 1.54) is 22.3 Å². The molecule has 0 saturated carbocycles. The molecule has 2 aromatic rings. The van der Waals surface area contributed by atoms with E-state index in [-0.39, 0.29) is 0 Å². The Bertz CT molecular complexity index is 956. The zero-order chi connectivity index (χ0) is 24.6. The summed E-state index contributed by atoms with van der Waals surface area (Å²) >= 11 is 0. The van der Waals surface area contributed by atoms with Crippen molar-refractivity contribution in [3.05, 3.63) is 53.1 Å². The second kappa shape index (κ2) is 9.47. The molecule has 0 N–H and O–H groups in total. The van der Waals surface area contributed by atoms with Crippen LogP contribution in [0.3, 0.4) is 0 Å². The van der Waals surface area contributed by atoms with Gasteiger partial charge >= 0.3 is 0 Å². The predicted octanol–water partition coefficient (Wildman–Crippen LogP) is 9.24. The molecule has 1 unspecified atom stereocenters. The molecule has 0 saturated heterocycles. The van der Waals surface area contributed by atoms with Crippen LogP contribution in [0.5, 0.6) is 0 Å². The highest BCUT2D eigenvalue weighted by molar-refractivity contribution is 7.68. The van der Waals surface area contributed by atoms with Crippen molar-refractivity contribution in [1.82, 2.24) is 0 Å². The van der Waals surface area contributed by atoms with E-state index in [1.54, 1.807) is 0 Å². The Morgan fingerprint density at radius 1 is 0.750 bits per heavy atom. The molecule has 0 bridgehead atoms. The van der Waals surface area contributed by atoms with E-state index in [9.17, 15) is 4.57 Å². The third-order valence-electron chi connectivity index (χ3n) is 5.91. The van der Waals surface area contributed by atoms with Gasteiger partial charge in [0.1, 0.15) is 0 Å². The molecule has 2 aromatic carbocycles. The summed E-state index contributed by atoms with van der Waals surface area (Å²) in [4.78, 5) is 0. The third kappa shape index (κ3) is 5.57. The van der Waals surface area contributed by atoms with Gasteiger partial charge in [0.2, 0.25) is 7.37 Å². The van der Waals surface area contributed by atoms with E-state index in [2.05, 4.69) is 65.8 Å². The zero-order valence-corrected chi connectivity index (χ0v) is 23.4. The molecule has 1 atom stereocenters. The Kier molecular flexibility index (Phi) is 7.96. The van der Waals surface area contributed by atoms with Gasteiger partial charge < -0.3 is 4.52 Å². The van der Waals surface area contributed by atoms with E-state index >= 15 is 0 Å². The van der Waals surface area contributed by atoms with Gasteiger partial charge in [-0.25, -0.2) is 0 Å². The maximum Gasteiger partial charge on any atom is 0.238 e. The maximum absolute atomic E-state index is 14.8. The SMILES string of the molecule is CC(C)c1cc(C(C)C)c(-c2ccccc2P(=O)(OC(C)(C)C)C(C)(C)C)c(C(C)C)c1. The summed E-state index contributed by atoms with van der Waals surface area (Å²) in [5.74, 6) is 1.16. The van der Waals surface area contributed by atoms with Gasteiger partial charge in [0.25, 0.3) is 0 Å². The Hall–Kier alpha value is -1.37. The molecule has 2 nitrogen and oxygen atoms in total. The normalized spacial score (nSPS) is 15.0.